The molecule has 110 valence electrons. The van der Waals surface area contributed by atoms with Crippen LogP contribution in [-0.2, 0) is 0 Å². The predicted molar refractivity (Wildman–Crippen MR) is 77.1 cm³/mol. The van der Waals surface area contributed by atoms with Gasteiger partial charge < -0.3 is 10.0 Å². The van der Waals surface area contributed by atoms with Crippen LogP contribution in [0.25, 0.3) is 5.69 Å². The largest absolute Gasteiger partial charge is 0.391 e. The second-order valence-corrected chi connectivity index (χ2v) is 5.48. The molecule has 0 bridgehead atoms. The quantitative estimate of drug-likeness (QED) is 0.894. The molecule has 1 unspecified atom stereocenters. The lowest BCUT2D eigenvalue weighted by Crippen LogP contribution is -2.35. The number of nitrogens with zero attached hydrogens (tertiary/aromatic N) is 4. The van der Waals surface area contributed by atoms with E-state index >= 15 is 0 Å². The van der Waals surface area contributed by atoms with E-state index in [0.29, 0.717) is 18.0 Å². The molecule has 6 heteroatoms. The van der Waals surface area contributed by atoms with E-state index in [-0.39, 0.29) is 5.91 Å². The predicted octanol–water partition coefficient (Wildman–Crippen LogP) is 1.11. The molecule has 1 aromatic carbocycles. The molecule has 1 heterocycles. The van der Waals surface area contributed by atoms with Crippen LogP contribution in [0, 0.1) is 5.92 Å². The van der Waals surface area contributed by atoms with Crippen LogP contribution in [-0.4, -0.2) is 50.4 Å². The highest BCUT2D eigenvalue weighted by Crippen LogP contribution is 2.32. The third-order valence-corrected chi connectivity index (χ3v) is 3.75. The molecule has 1 aliphatic carbocycles. The van der Waals surface area contributed by atoms with Crippen molar-refractivity contribution in [1.82, 2.24) is 19.7 Å². The van der Waals surface area contributed by atoms with Crippen LogP contribution in [0.3, 0.4) is 0 Å². The Kier molecular flexibility index (Phi) is 3.70. The number of aliphatic hydroxyl groups is 1. The summed E-state index contributed by atoms with van der Waals surface area (Å²) >= 11 is 0. The summed E-state index contributed by atoms with van der Waals surface area (Å²) in [6.07, 6.45) is 4.74. The average Bonchev–Trinajstić information content (AvgIpc) is 3.21. The molecule has 1 saturated carbocycles. The summed E-state index contributed by atoms with van der Waals surface area (Å²) in [6, 6.07) is 7.22. The molecule has 1 atom stereocenters. The summed E-state index contributed by atoms with van der Waals surface area (Å²) < 4.78 is 1.61. The Labute approximate surface area is 123 Å². The van der Waals surface area contributed by atoms with Crippen molar-refractivity contribution in [2.75, 3.05) is 13.6 Å². The molecule has 0 radical (unpaired) electrons. The Balaban J connectivity index is 1.73. The summed E-state index contributed by atoms with van der Waals surface area (Å²) in [6.45, 7) is 0.372. The highest BCUT2D eigenvalue weighted by molar-refractivity contribution is 5.94. The highest BCUT2D eigenvalue weighted by Gasteiger charge is 2.31. The first kappa shape index (κ1) is 13.8. The minimum Gasteiger partial charge on any atom is -0.391 e. The van der Waals surface area contributed by atoms with Crippen molar-refractivity contribution < 1.29 is 9.90 Å². The number of carbonyl (C=O) groups excluding carboxylic acids is 1. The molecule has 3 rings (SSSR count). The lowest BCUT2D eigenvalue weighted by atomic mass is 10.1. The van der Waals surface area contributed by atoms with E-state index in [1.165, 1.54) is 6.33 Å². The summed E-state index contributed by atoms with van der Waals surface area (Å²) in [7, 11) is 1.72. The van der Waals surface area contributed by atoms with E-state index in [4.69, 9.17) is 0 Å². The molecule has 1 aromatic heterocycles. The smallest absolute Gasteiger partial charge is 0.253 e. The summed E-state index contributed by atoms with van der Waals surface area (Å²) in [5.74, 6) is 0.262. The van der Waals surface area contributed by atoms with Crippen molar-refractivity contribution in [1.29, 1.82) is 0 Å². The molecule has 1 amide bonds. The molecule has 21 heavy (non-hydrogen) atoms. The van der Waals surface area contributed by atoms with Crippen molar-refractivity contribution in [3.05, 3.63) is 42.5 Å². The lowest BCUT2D eigenvalue weighted by Gasteiger charge is -2.21. The minimum atomic E-state index is -0.419. The van der Waals surface area contributed by atoms with Crippen molar-refractivity contribution in [3.8, 4) is 5.69 Å². The zero-order valence-electron chi connectivity index (χ0n) is 11.9. The normalized spacial score (nSPS) is 15.7. The lowest BCUT2D eigenvalue weighted by molar-refractivity contribution is 0.0645. The van der Waals surface area contributed by atoms with Crippen molar-refractivity contribution in [3.63, 3.8) is 0 Å². The number of amides is 1. The van der Waals surface area contributed by atoms with Crippen molar-refractivity contribution in [2.45, 2.75) is 18.9 Å². The SMILES string of the molecule is CN(CC(O)C1CC1)C(=O)c1cccc(-n2cncn2)c1. The van der Waals surface area contributed by atoms with Gasteiger partial charge in [0.1, 0.15) is 12.7 Å². The van der Waals surface area contributed by atoms with Crippen LogP contribution < -0.4 is 0 Å². The minimum absolute atomic E-state index is 0.100. The summed E-state index contributed by atoms with van der Waals surface area (Å²) in [4.78, 5) is 17.9. The van der Waals surface area contributed by atoms with Crippen molar-refractivity contribution in [2.24, 2.45) is 5.92 Å². The van der Waals surface area contributed by atoms with Gasteiger partial charge in [0.15, 0.2) is 0 Å². The second-order valence-electron chi connectivity index (χ2n) is 5.48. The number of aromatic nitrogens is 3. The van der Waals surface area contributed by atoms with Gasteiger partial charge in [-0.1, -0.05) is 6.07 Å². The molecule has 0 saturated heterocycles. The van der Waals surface area contributed by atoms with Gasteiger partial charge in [0.05, 0.1) is 11.8 Å². The number of carbonyl (C=O) groups is 1. The Morgan fingerprint density at radius 2 is 2.33 bits per heavy atom. The summed E-state index contributed by atoms with van der Waals surface area (Å²) in [5, 5.41) is 14.0. The fraction of sp³-hybridized carbons (Fsp3) is 0.400. The number of likely N-dealkylation sites (N-methyl/N-ethyl adjacent to an activating group) is 1. The fourth-order valence-electron chi connectivity index (χ4n) is 2.34. The topological polar surface area (TPSA) is 71.2 Å². The third-order valence-electron chi connectivity index (χ3n) is 3.75. The van der Waals surface area contributed by atoms with Gasteiger partial charge in [0.25, 0.3) is 5.91 Å². The molecule has 1 N–H and O–H groups in total. The van der Waals surface area contributed by atoms with Crippen LogP contribution in [0.4, 0.5) is 0 Å². The first-order chi connectivity index (χ1) is 10.1. The molecule has 6 nitrogen and oxygen atoms in total. The van der Waals surface area contributed by atoms with Crippen LogP contribution in [0.15, 0.2) is 36.9 Å². The first-order valence-electron chi connectivity index (χ1n) is 7.04. The zero-order valence-corrected chi connectivity index (χ0v) is 11.9. The highest BCUT2D eigenvalue weighted by atomic mass is 16.3. The van der Waals surface area contributed by atoms with Crippen LogP contribution >= 0.6 is 0 Å². The van der Waals surface area contributed by atoms with E-state index in [1.54, 1.807) is 35.1 Å². The van der Waals surface area contributed by atoms with Gasteiger partial charge in [-0.15, -0.1) is 0 Å². The van der Waals surface area contributed by atoms with Crippen LogP contribution in [0.2, 0.25) is 0 Å². The van der Waals surface area contributed by atoms with Gasteiger partial charge in [0, 0.05) is 19.2 Å². The van der Waals surface area contributed by atoms with E-state index in [2.05, 4.69) is 10.1 Å². The zero-order chi connectivity index (χ0) is 14.8. The Hall–Kier alpha value is -2.21. The van der Waals surface area contributed by atoms with E-state index in [9.17, 15) is 9.90 Å². The van der Waals surface area contributed by atoms with Crippen molar-refractivity contribution >= 4 is 5.91 Å². The number of benzene rings is 1. The third kappa shape index (κ3) is 3.11. The van der Waals surface area contributed by atoms with Crippen LogP contribution in [0.1, 0.15) is 23.2 Å². The average molecular weight is 286 g/mol. The monoisotopic (exact) mass is 286 g/mol. The molecular formula is C15H18N4O2. The summed E-state index contributed by atoms with van der Waals surface area (Å²) in [5.41, 5.74) is 1.36. The standard InChI is InChI=1S/C15H18N4O2/c1-18(8-14(20)11-5-6-11)15(21)12-3-2-4-13(7-12)19-10-16-9-17-19/h2-4,7,9-11,14,20H,5-6,8H2,1H3. The first-order valence-corrected chi connectivity index (χ1v) is 7.04. The molecule has 2 aromatic rings. The van der Waals surface area contributed by atoms with Gasteiger partial charge >= 0.3 is 0 Å². The molecule has 0 spiro atoms. The van der Waals surface area contributed by atoms with E-state index in [0.717, 1.165) is 18.5 Å². The maximum absolute atomic E-state index is 12.4. The number of rotatable bonds is 5. The molecule has 0 aliphatic heterocycles. The molecule has 1 fully saturated rings. The van der Waals surface area contributed by atoms with E-state index < -0.39 is 6.10 Å². The van der Waals surface area contributed by atoms with Gasteiger partial charge in [-0.25, -0.2) is 9.67 Å². The maximum Gasteiger partial charge on any atom is 0.253 e. The van der Waals surface area contributed by atoms with E-state index in [1.807, 2.05) is 12.1 Å². The van der Waals surface area contributed by atoms with Crippen LogP contribution in [0.5, 0.6) is 0 Å². The number of hydrogen-bond donors (Lipinski definition) is 1. The molecule has 1 aliphatic rings. The maximum atomic E-state index is 12.4. The molecular weight excluding hydrogens is 268 g/mol. The number of aliphatic hydroxyl groups excluding tert-OH is 1. The Bertz CT molecular complexity index is 622. The van der Waals surface area contributed by atoms with Gasteiger partial charge in [-0.3, -0.25) is 4.79 Å². The second kappa shape index (κ2) is 5.65. The van der Waals surface area contributed by atoms with Gasteiger partial charge in [-0.05, 0) is 37.0 Å². The van der Waals surface area contributed by atoms with Gasteiger partial charge in [0.2, 0.25) is 0 Å². The number of hydrogen-bond acceptors (Lipinski definition) is 4. The van der Waals surface area contributed by atoms with Gasteiger partial charge in [-0.2, -0.15) is 5.10 Å². The Morgan fingerprint density at radius 1 is 1.52 bits per heavy atom. The fourth-order valence-corrected chi connectivity index (χ4v) is 2.34. The Morgan fingerprint density at radius 3 is 3.00 bits per heavy atom.